The predicted molar refractivity (Wildman–Crippen MR) is 128 cm³/mol. The fraction of sp³-hybridized carbons (Fsp3) is 0.115. The summed E-state index contributed by atoms with van der Waals surface area (Å²) in [4.78, 5) is 10.6. The van der Waals surface area contributed by atoms with Gasteiger partial charge in [-0.15, -0.1) is 0 Å². The van der Waals surface area contributed by atoms with Gasteiger partial charge in [-0.25, -0.2) is 4.79 Å². The second-order valence-electron chi connectivity index (χ2n) is 7.46. The number of carboxylic acids is 1. The van der Waals surface area contributed by atoms with Crippen LogP contribution in [-0.2, 0) is 17.8 Å². The lowest BCUT2D eigenvalue weighted by Gasteiger charge is -2.09. The molecule has 0 saturated heterocycles. The van der Waals surface area contributed by atoms with Crippen LogP contribution in [0.15, 0.2) is 72.8 Å². The van der Waals surface area contributed by atoms with Crippen molar-refractivity contribution in [3.05, 3.63) is 105 Å². The number of allylic oxidation sites excluding steroid dienone is 2. The van der Waals surface area contributed by atoms with Crippen LogP contribution in [0.2, 0.25) is 10.0 Å². The maximum absolute atomic E-state index is 10.6. The number of halogens is 2. The van der Waals surface area contributed by atoms with E-state index in [0.29, 0.717) is 22.4 Å². The molecule has 0 amide bonds. The van der Waals surface area contributed by atoms with Gasteiger partial charge in [-0.1, -0.05) is 54.1 Å². The summed E-state index contributed by atoms with van der Waals surface area (Å²) in [5, 5.41) is 9.87. The molecule has 0 aliphatic heterocycles. The minimum absolute atomic E-state index is 0.364. The number of hydrogen-bond acceptors (Lipinski definition) is 3. The molecule has 3 aromatic carbocycles. The van der Waals surface area contributed by atoms with Crippen molar-refractivity contribution >= 4 is 40.8 Å². The normalized spacial score (nSPS) is 13.8. The van der Waals surface area contributed by atoms with Crippen LogP contribution >= 0.6 is 23.2 Å². The summed E-state index contributed by atoms with van der Waals surface area (Å²) in [5.74, 6) is 0.272. The van der Waals surface area contributed by atoms with E-state index in [1.807, 2.05) is 42.5 Å². The van der Waals surface area contributed by atoms with Crippen LogP contribution < -0.4 is 9.47 Å². The number of ether oxygens (including phenoxy) is 2. The Bertz CT molecular complexity index is 1190. The van der Waals surface area contributed by atoms with E-state index in [1.165, 1.54) is 0 Å². The van der Waals surface area contributed by atoms with E-state index in [0.717, 1.165) is 45.6 Å². The second-order valence-corrected chi connectivity index (χ2v) is 8.33. The third-order valence-electron chi connectivity index (χ3n) is 5.09. The molecular formula is C26H20Cl2O4. The van der Waals surface area contributed by atoms with E-state index in [9.17, 15) is 4.79 Å². The molecule has 0 unspecified atom stereocenters. The van der Waals surface area contributed by atoms with Crippen molar-refractivity contribution < 1.29 is 19.4 Å². The van der Waals surface area contributed by atoms with Gasteiger partial charge < -0.3 is 14.6 Å². The molecule has 0 aromatic heterocycles. The Morgan fingerprint density at radius 2 is 1.66 bits per heavy atom. The molecular weight excluding hydrogens is 447 g/mol. The Labute approximate surface area is 196 Å². The van der Waals surface area contributed by atoms with Gasteiger partial charge in [0.25, 0.3) is 0 Å². The first-order valence-corrected chi connectivity index (χ1v) is 10.7. The lowest BCUT2D eigenvalue weighted by Crippen LogP contribution is -2.09. The Balaban J connectivity index is 1.42. The van der Waals surface area contributed by atoms with Gasteiger partial charge in [-0.2, -0.15) is 0 Å². The summed E-state index contributed by atoms with van der Waals surface area (Å²) in [7, 11) is 0. The van der Waals surface area contributed by atoms with Gasteiger partial charge in [0.05, 0.1) is 0 Å². The molecule has 162 valence electrons. The number of carbonyl (C=O) groups is 1. The van der Waals surface area contributed by atoms with Crippen LogP contribution in [0.4, 0.5) is 0 Å². The molecule has 4 nitrogen and oxygen atoms in total. The molecule has 0 atom stereocenters. The predicted octanol–water partition coefficient (Wildman–Crippen LogP) is 6.69. The van der Waals surface area contributed by atoms with Crippen LogP contribution in [0.1, 0.15) is 22.3 Å². The SMILES string of the molecule is C=C1/C(=C/c2cc(Cl)cc(Cl)c2)Cc2cc(OCc3ccc(OCC(=O)O)cc3)ccc21. The van der Waals surface area contributed by atoms with Gasteiger partial charge in [0.15, 0.2) is 6.61 Å². The fourth-order valence-corrected chi connectivity index (χ4v) is 4.12. The average Bonchev–Trinajstić information content (AvgIpc) is 3.05. The van der Waals surface area contributed by atoms with Crippen molar-refractivity contribution in [3.63, 3.8) is 0 Å². The third kappa shape index (κ3) is 5.34. The lowest BCUT2D eigenvalue weighted by molar-refractivity contribution is -0.139. The number of benzene rings is 3. The molecule has 0 saturated carbocycles. The molecule has 1 aliphatic rings. The van der Waals surface area contributed by atoms with Crippen molar-refractivity contribution in [2.24, 2.45) is 0 Å². The molecule has 6 heteroatoms. The van der Waals surface area contributed by atoms with Crippen molar-refractivity contribution in [1.82, 2.24) is 0 Å². The molecule has 0 radical (unpaired) electrons. The van der Waals surface area contributed by atoms with Crippen LogP contribution in [0.25, 0.3) is 11.6 Å². The number of aliphatic carboxylic acids is 1. The van der Waals surface area contributed by atoms with E-state index >= 15 is 0 Å². The van der Waals surface area contributed by atoms with Crippen LogP contribution in [0.5, 0.6) is 11.5 Å². The number of fused-ring (bicyclic) bond motifs is 1. The zero-order chi connectivity index (χ0) is 22.7. The van der Waals surface area contributed by atoms with Crippen LogP contribution in [0.3, 0.4) is 0 Å². The topological polar surface area (TPSA) is 55.8 Å². The van der Waals surface area contributed by atoms with E-state index in [-0.39, 0.29) is 6.61 Å². The maximum Gasteiger partial charge on any atom is 0.341 e. The Morgan fingerprint density at radius 1 is 0.969 bits per heavy atom. The van der Waals surface area contributed by atoms with Gasteiger partial charge in [0.2, 0.25) is 0 Å². The fourth-order valence-electron chi connectivity index (χ4n) is 3.58. The highest BCUT2D eigenvalue weighted by Gasteiger charge is 2.20. The van der Waals surface area contributed by atoms with Crippen molar-refractivity contribution in [2.45, 2.75) is 13.0 Å². The molecule has 32 heavy (non-hydrogen) atoms. The molecule has 3 aromatic rings. The monoisotopic (exact) mass is 466 g/mol. The summed E-state index contributed by atoms with van der Waals surface area (Å²) in [6.45, 7) is 4.28. The largest absolute Gasteiger partial charge is 0.489 e. The average molecular weight is 467 g/mol. The number of rotatable bonds is 7. The highest BCUT2D eigenvalue weighted by molar-refractivity contribution is 6.34. The summed E-state index contributed by atoms with van der Waals surface area (Å²) >= 11 is 12.2. The van der Waals surface area contributed by atoms with Gasteiger partial charge >= 0.3 is 5.97 Å². The Morgan fingerprint density at radius 3 is 2.34 bits per heavy atom. The summed E-state index contributed by atoms with van der Waals surface area (Å²) in [6, 6.07) is 18.6. The minimum Gasteiger partial charge on any atom is -0.489 e. The first-order valence-electron chi connectivity index (χ1n) is 9.93. The van der Waals surface area contributed by atoms with E-state index in [4.69, 9.17) is 37.8 Å². The lowest BCUT2D eigenvalue weighted by atomic mass is 10.0. The quantitative estimate of drug-likeness (QED) is 0.421. The van der Waals surface area contributed by atoms with Crippen molar-refractivity contribution in [2.75, 3.05) is 6.61 Å². The van der Waals surface area contributed by atoms with E-state index < -0.39 is 5.97 Å². The van der Waals surface area contributed by atoms with Gasteiger partial charge in [-0.05, 0) is 82.3 Å². The first-order chi connectivity index (χ1) is 15.4. The summed E-state index contributed by atoms with van der Waals surface area (Å²) in [6.07, 6.45) is 2.82. The van der Waals surface area contributed by atoms with Gasteiger partial charge in [0, 0.05) is 10.0 Å². The number of carboxylic acid groups (broad SMARTS) is 1. The molecule has 4 rings (SSSR count). The Kier molecular flexibility index (Phi) is 6.54. The van der Waals surface area contributed by atoms with Gasteiger partial charge in [-0.3, -0.25) is 0 Å². The summed E-state index contributed by atoms with van der Waals surface area (Å²) in [5.41, 5.74) is 6.27. The van der Waals surface area contributed by atoms with Crippen molar-refractivity contribution in [1.29, 1.82) is 0 Å². The molecule has 0 spiro atoms. The van der Waals surface area contributed by atoms with Crippen molar-refractivity contribution in [3.8, 4) is 11.5 Å². The molecule has 0 fully saturated rings. The van der Waals surface area contributed by atoms with E-state index in [1.54, 1.807) is 18.2 Å². The highest BCUT2D eigenvalue weighted by Crippen LogP contribution is 2.38. The van der Waals surface area contributed by atoms with E-state index in [2.05, 4.69) is 12.7 Å². The minimum atomic E-state index is -1.01. The smallest absolute Gasteiger partial charge is 0.341 e. The Hall–Kier alpha value is -3.21. The molecule has 1 N–H and O–H groups in total. The first kappa shape index (κ1) is 22.0. The zero-order valence-corrected chi connectivity index (χ0v) is 18.6. The molecule has 1 aliphatic carbocycles. The zero-order valence-electron chi connectivity index (χ0n) is 17.1. The standard InChI is InChI=1S/C26H20Cl2O4/c1-16-19(8-18-9-21(27)13-22(28)10-18)11-20-12-24(6-7-25(16)20)31-14-17-2-4-23(5-3-17)32-15-26(29)30/h2-10,12-13H,1,11,14-15H2,(H,29,30)/b19-8+. The molecule has 0 heterocycles. The van der Waals surface area contributed by atoms with Gasteiger partial charge in [0.1, 0.15) is 18.1 Å². The van der Waals surface area contributed by atoms with Crippen LogP contribution in [0, 0.1) is 0 Å². The highest BCUT2D eigenvalue weighted by atomic mass is 35.5. The maximum atomic E-state index is 10.6. The second kappa shape index (κ2) is 9.51. The number of hydrogen-bond donors (Lipinski definition) is 1. The molecule has 0 bridgehead atoms. The van der Waals surface area contributed by atoms with Crippen LogP contribution in [-0.4, -0.2) is 17.7 Å². The summed E-state index contributed by atoms with van der Waals surface area (Å²) < 4.78 is 11.1. The third-order valence-corrected chi connectivity index (χ3v) is 5.52.